The fraction of sp³-hybridized carbons (Fsp3) is 0.375. The molecule has 0 fully saturated rings. The Kier molecular flexibility index (Phi) is 5.23. The number of carboxylic acid groups (broad SMARTS) is 1. The third-order valence-corrected chi connectivity index (χ3v) is 2.15. The van der Waals surface area contributed by atoms with Crippen LogP contribution in [0.25, 0.3) is 0 Å². The number of hydroxylamine groups is 1. The van der Waals surface area contributed by atoms with Gasteiger partial charge in [0, 0.05) is 18.3 Å². The molecule has 0 aliphatic heterocycles. The summed E-state index contributed by atoms with van der Waals surface area (Å²) in [5, 5.41) is 12.6. The molecule has 0 aliphatic carbocycles. The molecule has 0 aromatic carbocycles. The average Bonchev–Trinajstić information content (AvgIpc) is 2.70. The van der Waals surface area contributed by atoms with Gasteiger partial charge in [-0.05, 0) is 0 Å². The van der Waals surface area contributed by atoms with Crippen LogP contribution in [0.3, 0.4) is 0 Å². The Labute approximate surface area is 95.4 Å². The van der Waals surface area contributed by atoms with Gasteiger partial charge in [0.2, 0.25) is 0 Å². The van der Waals surface area contributed by atoms with Gasteiger partial charge in [0.05, 0.1) is 11.2 Å². The van der Waals surface area contributed by atoms with E-state index in [-0.39, 0.29) is 0 Å². The molecule has 3 N–H and O–H groups in total. The van der Waals surface area contributed by atoms with Crippen molar-refractivity contribution < 1.29 is 19.5 Å². The average molecular weight is 245 g/mol. The summed E-state index contributed by atoms with van der Waals surface area (Å²) in [5.74, 6) is -1.15. The van der Waals surface area contributed by atoms with Crippen molar-refractivity contribution in [2.24, 2.45) is 0 Å². The number of nitrogens with one attached hydrogen (secondary N) is 2. The van der Waals surface area contributed by atoms with Crippen LogP contribution in [0.15, 0.2) is 10.9 Å². The number of carbonyl (C=O) groups excluding carboxylic acids is 1. The lowest BCUT2D eigenvalue weighted by Gasteiger charge is -2.05. The minimum absolute atomic E-state index is 0.409. The van der Waals surface area contributed by atoms with Gasteiger partial charge in [-0.15, -0.1) is 11.3 Å². The largest absolute Gasteiger partial charge is 0.479 e. The van der Waals surface area contributed by atoms with E-state index in [1.807, 2.05) is 10.9 Å². The van der Waals surface area contributed by atoms with Crippen LogP contribution < -0.4 is 10.8 Å². The Morgan fingerprint density at radius 1 is 1.56 bits per heavy atom. The smallest absolute Gasteiger partial charge is 0.338 e. The van der Waals surface area contributed by atoms with Gasteiger partial charge in [-0.1, -0.05) is 0 Å². The maximum atomic E-state index is 11.0. The number of hydrogen-bond donors (Lipinski definition) is 3. The van der Waals surface area contributed by atoms with Crippen molar-refractivity contribution in [1.82, 2.24) is 15.8 Å². The molecule has 88 valence electrons. The minimum atomic E-state index is -1.15. The summed E-state index contributed by atoms with van der Waals surface area (Å²) in [7, 11) is 0. The van der Waals surface area contributed by atoms with E-state index in [1.165, 1.54) is 11.3 Å². The van der Waals surface area contributed by atoms with Gasteiger partial charge in [0.15, 0.2) is 6.61 Å². The van der Waals surface area contributed by atoms with Crippen molar-refractivity contribution >= 4 is 23.3 Å². The van der Waals surface area contributed by atoms with Gasteiger partial charge in [-0.2, -0.15) is 0 Å². The first kappa shape index (κ1) is 12.4. The molecule has 1 rings (SSSR count). The number of hydrogen-bond acceptors (Lipinski definition) is 5. The summed E-state index contributed by atoms with van der Waals surface area (Å²) < 4.78 is 0. The fourth-order valence-corrected chi connectivity index (χ4v) is 1.46. The predicted octanol–water partition coefficient (Wildman–Crippen LogP) is 0.00100. The van der Waals surface area contributed by atoms with Crippen LogP contribution >= 0.6 is 11.3 Å². The van der Waals surface area contributed by atoms with Gasteiger partial charge in [0.1, 0.15) is 0 Å². The molecule has 0 spiro atoms. The molecule has 2 amide bonds. The fourth-order valence-electron chi connectivity index (χ4n) is 0.865. The van der Waals surface area contributed by atoms with Gasteiger partial charge < -0.3 is 10.4 Å². The molecule has 0 bridgehead atoms. The minimum Gasteiger partial charge on any atom is -0.479 e. The lowest BCUT2D eigenvalue weighted by Crippen LogP contribution is -2.37. The van der Waals surface area contributed by atoms with Crippen LogP contribution in [-0.4, -0.2) is 35.2 Å². The number of aliphatic carboxylic acids is 1. The molecular formula is C8H11N3O4S. The first-order chi connectivity index (χ1) is 7.68. The van der Waals surface area contributed by atoms with Gasteiger partial charge in [-0.3, -0.25) is 4.84 Å². The second-order valence-electron chi connectivity index (χ2n) is 2.77. The predicted molar refractivity (Wildman–Crippen MR) is 55.9 cm³/mol. The van der Waals surface area contributed by atoms with Crippen molar-refractivity contribution in [3.05, 3.63) is 16.6 Å². The van der Waals surface area contributed by atoms with Crippen LogP contribution in [-0.2, 0) is 16.1 Å². The van der Waals surface area contributed by atoms with Gasteiger partial charge >= 0.3 is 12.0 Å². The highest BCUT2D eigenvalue weighted by Gasteiger charge is 2.02. The highest BCUT2D eigenvalue weighted by Crippen LogP contribution is 2.00. The molecular weight excluding hydrogens is 234 g/mol. The summed E-state index contributed by atoms with van der Waals surface area (Å²) in [6.45, 7) is -0.161. The van der Waals surface area contributed by atoms with E-state index in [1.54, 1.807) is 5.51 Å². The Bertz CT molecular complexity index is 341. The third-order valence-electron chi connectivity index (χ3n) is 1.51. The number of carbonyl (C=O) groups is 2. The number of thiazole rings is 1. The summed E-state index contributed by atoms with van der Waals surface area (Å²) in [6, 6.07) is -0.573. The zero-order chi connectivity index (χ0) is 11.8. The maximum Gasteiger partial charge on any atom is 0.338 e. The standard InChI is InChI=1S/C8H11N3O4S/c12-7(13)3-15-11-8(14)9-2-1-6-4-16-5-10-6/h4-5H,1-3H2,(H,12,13)(H2,9,11,14). The van der Waals surface area contributed by atoms with Crippen molar-refractivity contribution in [1.29, 1.82) is 0 Å². The maximum absolute atomic E-state index is 11.0. The molecule has 0 unspecified atom stereocenters. The van der Waals surface area contributed by atoms with E-state index in [2.05, 4.69) is 15.1 Å². The molecule has 7 nitrogen and oxygen atoms in total. The summed E-state index contributed by atoms with van der Waals surface area (Å²) in [5.41, 5.74) is 4.56. The Hall–Kier alpha value is -1.67. The van der Waals surface area contributed by atoms with Crippen LogP contribution in [0.2, 0.25) is 0 Å². The lowest BCUT2D eigenvalue weighted by atomic mass is 10.3. The van der Waals surface area contributed by atoms with E-state index >= 15 is 0 Å². The first-order valence-electron chi connectivity index (χ1n) is 4.43. The third kappa shape index (κ3) is 5.27. The topological polar surface area (TPSA) is 101 Å². The number of aromatic nitrogens is 1. The van der Waals surface area contributed by atoms with Crippen LogP contribution in [0.5, 0.6) is 0 Å². The van der Waals surface area contributed by atoms with Crippen molar-refractivity contribution in [3.8, 4) is 0 Å². The van der Waals surface area contributed by atoms with E-state index in [0.29, 0.717) is 13.0 Å². The van der Waals surface area contributed by atoms with E-state index < -0.39 is 18.6 Å². The molecule has 8 heteroatoms. The first-order valence-corrected chi connectivity index (χ1v) is 5.37. The summed E-state index contributed by atoms with van der Waals surface area (Å²) in [6.07, 6.45) is 0.621. The van der Waals surface area contributed by atoms with E-state index in [4.69, 9.17) is 5.11 Å². The summed E-state index contributed by atoms with van der Waals surface area (Å²) in [4.78, 5) is 29.4. The number of amides is 2. The van der Waals surface area contributed by atoms with Crippen LogP contribution in [0, 0.1) is 0 Å². The molecule has 1 aromatic rings. The number of urea groups is 1. The SMILES string of the molecule is O=C(O)CONC(=O)NCCc1cscn1. The molecule has 0 saturated heterocycles. The molecule has 1 heterocycles. The second kappa shape index (κ2) is 6.75. The van der Waals surface area contributed by atoms with Gasteiger partial charge in [-0.25, -0.2) is 20.1 Å². The van der Waals surface area contributed by atoms with Crippen LogP contribution in [0.4, 0.5) is 4.79 Å². The van der Waals surface area contributed by atoms with Crippen molar-refractivity contribution in [2.75, 3.05) is 13.2 Å². The monoisotopic (exact) mass is 245 g/mol. The van der Waals surface area contributed by atoms with Crippen LogP contribution in [0.1, 0.15) is 5.69 Å². The molecule has 0 saturated carbocycles. The Morgan fingerprint density at radius 3 is 3.00 bits per heavy atom. The number of carboxylic acids is 1. The Balaban J connectivity index is 2.04. The highest BCUT2D eigenvalue weighted by atomic mass is 32.1. The van der Waals surface area contributed by atoms with Crippen molar-refractivity contribution in [3.63, 3.8) is 0 Å². The number of nitrogens with zero attached hydrogens (tertiary/aromatic N) is 1. The highest BCUT2D eigenvalue weighted by molar-refractivity contribution is 7.07. The summed E-state index contributed by atoms with van der Waals surface area (Å²) >= 11 is 1.49. The van der Waals surface area contributed by atoms with Gasteiger partial charge in [0.25, 0.3) is 0 Å². The second-order valence-corrected chi connectivity index (χ2v) is 3.49. The van der Waals surface area contributed by atoms with E-state index in [0.717, 1.165) is 5.69 Å². The molecule has 16 heavy (non-hydrogen) atoms. The zero-order valence-electron chi connectivity index (χ0n) is 8.30. The normalized spacial score (nSPS) is 9.75. The van der Waals surface area contributed by atoms with E-state index in [9.17, 15) is 9.59 Å². The molecule has 0 aliphatic rings. The quantitative estimate of drug-likeness (QED) is 0.612. The molecule has 0 radical (unpaired) electrons. The molecule has 1 aromatic heterocycles. The number of rotatable bonds is 6. The Morgan fingerprint density at radius 2 is 2.38 bits per heavy atom. The van der Waals surface area contributed by atoms with Crippen molar-refractivity contribution in [2.45, 2.75) is 6.42 Å². The molecule has 0 atom stereocenters. The zero-order valence-corrected chi connectivity index (χ0v) is 9.12. The lowest BCUT2D eigenvalue weighted by molar-refractivity contribution is -0.144.